The lowest BCUT2D eigenvalue weighted by atomic mass is 10.0. The Morgan fingerprint density at radius 3 is 1.14 bits per heavy atom. The molecule has 6 heteroatoms. The summed E-state index contributed by atoms with van der Waals surface area (Å²) < 4.78 is 16.8. The number of hydrogen-bond donors (Lipinski definition) is 0. The number of hydrogen-bond acceptors (Lipinski definition) is 6. The molecule has 0 amide bonds. The maximum atomic E-state index is 12.8. The number of carbonyl (C=O) groups excluding carboxylic acids is 3. The van der Waals surface area contributed by atoms with Crippen LogP contribution in [-0.2, 0) is 28.6 Å². The average molecular weight is 879 g/mol. The minimum atomic E-state index is -0.786. The van der Waals surface area contributed by atoms with Crippen molar-refractivity contribution in [3.05, 3.63) is 72.9 Å². The summed E-state index contributed by atoms with van der Waals surface area (Å²) in [5, 5.41) is 0. The molecule has 0 fully saturated rings. The van der Waals surface area contributed by atoms with E-state index >= 15 is 0 Å². The molecule has 0 bridgehead atoms. The molecule has 362 valence electrons. The van der Waals surface area contributed by atoms with E-state index < -0.39 is 6.10 Å². The molecule has 0 heterocycles. The molecule has 0 radical (unpaired) electrons. The minimum absolute atomic E-state index is 0.0837. The number of rotatable bonds is 47. The molecule has 0 spiro atoms. The second kappa shape index (κ2) is 51.5. The predicted molar refractivity (Wildman–Crippen MR) is 270 cm³/mol. The van der Waals surface area contributed by atoms with Gasteiger partial charge in [0, 0.05) is 19.3 Å². The summed E-state index contributed by atoms with van der Waals surface area (Å²) in [6.45, 7) is 6.38. The van der Waals surface area contributed by atoms with Crippen LogP contribution in [0.5, 0.6) is 0 Å². The van der Waals surface area contributed by atoms with E-state index in [0.29, 0.717) is 19.3 Å². The maximum Gasteiger partial charge on any atom is 0.306 e. The zero-order chi connectivity index (χ0) is 45.8. The zero-order valence-corrected chi connectivity index (χ0v) is 41.3. The predicted octanol–water partition coefficient (Wildman–Crippen LogP) is 17.4. The Morgan fingerprint density at radius 2 is 0.698 bits per heavy atom. The minimum Gasteiger partial charge on any atom is -0.462 e. The summed E-state index contributed by atoms with van der Waals surface area (Å²) in [6.07, 6.45) is 64.6. The third-order valence-corrected chi connectivity index (χ3v) is 11.3. The van der Waals surface area contributed by atoms with Gasteiger partial charge in [0.25, 0.3) is 0 Å². The van der Waals surface area contributed by atoms with E-state index in [1.165, 1.54) is 109 Å². The van der Waals surface area contributed by atoms with Gasteiger partial charge >= 0.3 is 17.9 Å². The highest BCUT2D eigenvalue weighted by atomic mass is 16.6. The van der Waals surface area contributed by atoms with Crippen molar-refractivity contribution in [3.8, 4) is 0 Å². The van der Waals surface area contributed by atoms with Gasteiger partial charge in [0.2, 0.25) is 0 Å². The number of esters is 3. The van der Waals surface area contributed by atoms with Gasteiger partial charge < -0.3 is 14.2 Å². The Bertz CT molecular complexity index is 1190. The topological polar surface area (TPSA) is 78.9 Å². The van der Waals surface area contributed by atoms with Gasteiger partial charge in [-0.2, -0.15) is 0 Å². The van der Waals surface area contributed by atoms with E-state index in [-0.39, 0.29) is 31.1 Å². The summed E-state index contributed by atoms with van der Waals surface area (Å²) in [5.74, 6) is -0.906. The normalized spacial score (nSPS) is 12.6. The Hall–Kier alpha value is -3.15. The molecule has 0 aromatic rings. The second-order valence-corrected chi connectivity index (χ2v) is 17.4. The Labute approximate surface area is 389 Å². The van der Waals surface area contributed by atoms with Crippen LogP contribution in [0.2, 0.25) is 0 Å². The van der Waals surface area contributed by atoms with Crippen LogP contribution in [0.3, 0.4) is 0 Å². The number of allylic oxidation sites excluding steroid dienone is 12. The largest absolute Gasteiger partial charge is 0.462 e. The fraction of sp³-hybridized carbons (Fsp3) is 0.737. The highest BCUT2D eigenvalue weighted by molar-refractivity contribution is 5.71. The molecule has 0 rings (SSSR count). The lowest BCUT2D eigenvalue weighted by Crippen LogP contribution is -2.30. The molecule has 0 aromatic heterocycles. The summed E-state index contributed by atoms with van der Waals surface area (Å²) in [7, 11) is 0. The third kappa shape index (κ3) is 49.7. The fourth-order valence-corrected chi connectivity index (χ4v) is 7.34. The summed E-state index contributed by atoms with van der Waals surface area (Å²) in [6, 6.07) is 0. The Kier molecular flexibility index (Phi) is 48.9. The first kappa shape index (κ1) is 59.9. The van der Waals surface area contributed by atoms with Crippen LogP contribution in [-0.4, -0.2) is 37.2 Å². The van der Waals surface area contributed by atoms with Crippen molar-refractivity contribution >= 4 is 17.9 Å². The molecule has 63 heavy (non-hydrogen) atoms. The quantitative estimate of drug-likeness (QED) is 0.0199. The lowest BCUT2D eigenvalue weighted by molar-refractivity contribution is -0.167. The van der Waals surface area contributed by atoms with Crippen molar-refractivity contribution < 1.29 is 28.6 Å². The van der Waals surface area contributed by atoms with E-state index in [4.69, 9.17) is 14.2 Å². The van der Waals surface area contributed by atoms with Gasteiger partial charge in [-0.15, -0.1) is 0 Å². The Morgan fingerprint density at radius 1 is 0.349 bits per heavy atom. The van der Waals surface area contributed by atoms with Gasteiger partial charge in [0.1, 0.15) is 13.2 Å². The molecular formula is C57H98O6. The molecular weight excluding hydrogens is 781 g/mol. The van der Waals surface area contributed by atoms with Crippen LogP contribution in [0.1, 0.15) is 252 Å². The van der Waals surface area contributed by atoms with Gasteiger partial charge in [-0.25, -0.2) is 0 Å². The molecule has 0 saturated carbocycles. The smallest absolute Gasteiger partial charge is 0.306 e. The van der Waals surface area contributed by atoms with Crippen LogP contribution in [0.25, 0.3) is 0 Å². The summed E-state index contributed by atoms with van der Waals surface area (Å²) >= 11 is 0. The SMILES string of the molecule is CC/C=C/C=C/C=C/CCCCCCCC(=O)OC(COC(=O)CCCCCCCCCCC/C=C/C/C=C/C/C=C/CC)COC(=O)CCCCCCCCCCCCCCC. The van der Waals surface area contributed by atoms with Crippen molar-refractivity contribution in [1.29, 1.82) is 0 Å². The monoisotopic (exact) mass is 879 g/mol. The van der Waals surface area contributed by atoms with E-state index in [1.807, 2.05) is 0 Å². The molecule has 0 aromatic carbocycles. The average Bonchev–Trinajstić information content (AvgIpc) is 3.28. The van der Waals surface area contributed by atoms with E-state index in [2.05, 4.69) is 93.7 Å². The molecule has 0 saturated heterocycles. The van der Waals surface area contributed by atoms with Crippen LogP contribution in [0, 0.1) is 0 Å². The molecule has 0 aliphatic heterocycles. The van der Waals surface area contributed by atoms with Crippen LogP contribution in [0.4, 0.5) is 0 Å². The lowest BCUT2D eigenvalue weighted by Gasteiger charge is -2.18. The number of unbranched alkanes of at least 4 members (excludes halogenated alkanes) is 26. The highest BCUT2D eigenvalue weighted by Crippen LogP contribution is 2.15. The summed E-state index contributed by atoms with van der Waals surface area (Å²) in [4.78, 5) is 38.0. The molecule has 0 N–H and O–H groups in total. The van der Waals surface area contributed by atoms with Crippen molar-refractivity contribution in [1.82, 2.24) is 0 Å². The molecule has 0 aliphatic rings. The van der Waals surface area contributed by atoms with Crippen molar-refractivity contribution in [2.75, 3.05) is 13.2 Å². The van der Waals surface area contributed by atoms with Crippen molar-refractivity contribution in [2.45, 2.75) is 258 Å². The van der Waals surface area contributed by atoms with Crippen LogP contribution in [0.15, 0.2) is 72.9 Å². The van der Waals surface area contributed by atoms with Crippen molar-refractivity contribution in [3.63, 3.8) is 0 Å². The third-order valence-electron chi connectivity index (χ3n) is 11.3. The first-order valence-corrected chi connectivity index (χ1v) is 26.5. The van der Waals surface area contributed by atoms with E-state index in [9.17, 15) is 14.4 Å². The molecule has 0 aliphatic carbocycles. The zero-order valence-electron chi connectivity index (χ0n) is 41.3. The molecule has 1 atom stereocenters. The number of carbonyl (C=O) groups is 3. The molecule has 1 unspecified atom stereocenters. The van der Waals surface area contributed by atoms with Gasteiger partial charge in [0.15, 0.2) is 6.10 Å². The van der Waals surface area contributed by atoms with Gasteiger partial charge in [0.05, 0.1) is 0 Å². The Balaban J connectivity index is 4.36. The van der Waals surface area contributed by atoms with E-state index in [1.54, 1.807) is 0 Å². The van der Waals surface area contributed by atoms with Crippen LogP contribution >= 0.6 is 0 Å². The standard InChI is InChI=1S/C57H98O6/c1-4-7-10-13-16-19-22-25-26-27-28-29-30-33-35-38-41-44-47-50-56(59)62-53-54(63-57(60)51-48-45-42-39-36-32-24-21-18-15-12-9-6-3)52-61-55(58)49-46-43-40-37-34-31-23-20-17-14-11-8-5-2/h7,9-10,12,15-16,18-19,21,24-26,54H,4-6,8,11,13-14,17,20,22-23,27-53H2,1-3H3/b10-7+,12-9+,18-15+,19-16+,24-21+,26-25+. The number of ether oxygens (including phenoxy) is 3. The first-order valence-electron chi connectivity index (χ1n) is 26.5. The summed E-state index contributed by atoms with van der Waals surface area (Å²) in [5.41, 5.74) is 0. The second-order valence-electron chi connectivity index (χ2n) is 17.4. The van der Waals surface area contributed by atoms with Gasteiger partial charge in [-0.1, -0.05) is 235 Å². The fourth-order valence-electron chi connectivity index (χ4n) is 7.34. The van der Waals surface area contributed by atoms with Gasteiger partial charge in [-0.05, 0) is 70.6 Å². The van der Waals surface area contributed by atoms with Crippen molar-refractivity contribution in [2.24, 2.45) is 0 Å². The van der Waals surface area contributed by atoms with E-state index in [0.717, 1.165) is 103 Å². The first-order chi connectivity index (χ1) is 31.0. The molecule has 6 nitrogen and oxygen atoms in total. The van der Waals surface area contributed by atoms with Gasteiger partial charge in [-0.3, -0.25) is 14.4 Å². The highest BCUT2D eigenvalue weighted by Gasteiger charge is 2.19. The van der Waals surface area contributed by atoms with Crippen LogP contribution < -0.4 is 0 Å². The maximum absolute atomic E-state index is 12.8.